The lowest BCUT2D eigenvalue weighted by Crippen LogP contribution is -2.52. The van der Waals surface area contributed by atoms with E-state index < -0.39 is 35.5 Å². The van der Waals surface area contributed by atoms with E-state index in [0.717, 1.165) is 17.0 Å². The smallest absolute Gasteiger partial charge is 0.352 e. The molecule has 6 nitrogen and oxygen atoms in total. The molecule has 2 aromatic rings. The quantitative estimate of drug-likeness (QED) is 0.751. The van der Waals surface area contributed by atoms with E-state index in [-0.39, 0.29) is 24.2 Å². The first-order valence-corrected chi connectivity index (χ1v) is 9.00. The van der Waals surface area contributed by atoms with Crippen molar-refractivity contribution < 1.29 is 27.6 Å². The fourth-order valence-electron chi connectivity index (χ4n) is 3.28. The molecule has 156 valence electrons. The molecule has 2 aromatic carbocycles. The van der Waals surface area contributed by atoms with Gasteiger partial charge in [0.05, 0.1) is 5.56 Å². The van der Waals surface area contributed by atoms with Gasteiger partial charge < -0.3 is 15.5 Å². The number of hydrogen-bond donors (Lipinski definition) is 2. The second-order valence-electron chi connectivity index (χ2n) is 6.55. The van der Waals surface area contributed by atoms with Crippen molar-refractivity contribution in [2.24, 2.45) is 0 Å². The number of nitrogens with one attached hydrogen (secondary N) is 2. The number of anilines is 1. The highest BCUT2D eigenvalue weighted by molar-refractivity contribution is 6.02. The zero-order chi connectivity index (χ0) is 21.9. The molecule has 0 saturated carbocycles. The minimum atomic E-state index is -4.68. The lowest BCUT2D eigenvalue weighted by atomic mass is 9.95. The Morgan fingerprint density at radius 1 is 1.17 bits per heavy atom. The molecule has 0 aromatic heterocycles. The van der Waals surface area contributed by atoms with Gasteiger partial charge in [-0.15, -0.1) is 0 Å². The van der Waals surface area contributed by atoms with Crippen molar-refractivity contribution in [3.63, 3.8) is 0 Å². The fraction of sp³-hybridized carbons (Fsp3) is 0.190. The maximum Gasteiger partial charge on any atom is 0.416 e. The summed E-state index contributed by atoms with van der Waals surface area (Å²) < 4.78 is 40.5. The average molecular weight is 417 g/mol. The number of alkyl halides is 3. The van der Waals surface area contributed by atoms with Crippen LogP contribution in [0.25, 0.3) is 0 Å². The molecule has 1 aliphatic heterocycles. The normalized spacial score (nSPS) is 16.6. The first-order chi connectivity index (χ1) is 14.2. The minimum Gasteiger partial charge on any atom is -0.352 e. The van der Waals surface area contributed by atoms with Crippen LogP contribution in [0.1, 0.15) is 27.5 Å². The number of piperazine rings is 1. The highest BCUT2D eigenvalue weighted by atomic mass is 19.4. The van der Waals surface area contributed by atoms with Gasteiger partial charge in [0, 0.05) is 24.3 Å². The summed E-state index contributed by atoms with van der Waals surface area (Å²) in [5.41, 5.74) is -0.830. The van der Waals surface area contributed by atoms with Crippen molar-refractivity contribution in [1.29, 1.82) is 0 Å². The molecule has 1 unspecified atom stereocenters. The van der Waals surface area contributed by atoms with Gasteiger partial charge in [-0.05, 0) is 35.9 Å². The molecule has 1 aliphatic rings. The summed E-state index contributed by atoms with van der Waals surface area (Å²) in [6, 6.07) is 9.19. The van der Waals surface area contributed by atoms with E-state index >= 15 is 0 Å². The van der Waals surface area contributed by atoms with Crippen LogP contribution in [0.2, 0.25) is 0 Å². The molecule has 1 atom stereocenters. The van der Waals surface area contributed by atoms with Gasteiger partial charge in [0.2, 0.25) is 11.8 Å². The highest BCUT2D eigenvalue weighted by Crippen LogP contribution is 2.37. The molecular weight excluding hydrogens is 399 g/mol. The van der Waals surface area contributed by atoms with E-state index in [2.05, 4.69) is 17.2 Å². The molecule has 30 heavy (non-hydrogen) atoms. The minimum absolute atomic E-state index is 0.0324. The van der Waals surface area contributed by atoms with E-state index in [1.165, 1.54) is 36.4 Å². The molecule has 3 amide bonds. The van der Waals surface area contributed by atoms with Crippen molar-refractivity contribution in [2.75, 3.05) is 18.4 Å². The SMILES string of the molecule is C=CC(=O)Nc1cccc(C(=O)N2CCNC(=O)C2c2ccccc2C(F)(F)F)c1. The summed E-state index contributed by atoms with van der Waals surface area (Å²) in [6.07, 6.45) is -3.62. The summed E-state index contributed by atoms with van der Waals surface area (Å²) in [4.78, 5) is 38.3. The Bertz CT molecular complexity index is 1000. The predicted octanol–water partition coefficient (Wildman–Crippen LogP) is 3.14. The lowest BCUT2D eigenvalue weighted by molar-refractivity contribution is -0.139. The third kappa shape index (κ3) is 4.35. The van der Waals surface area contributed by atoms with Crippen molar-refractivity contribution in [1.82, 2.24) is 10.2 Å². The Labute approximate surface area is 170 Å². The number of rotatable bonds is 4. The third-order valence-electron chi connectivity index (χ3n) is 4.60. The van der Waals surface area contributed by atoms with Crippen LogP contribution >= 0.6 is 0 Å². The predicted molar refractivity (Wildman–Crippen MR) is 103 cm³/mol. The van der Waals surface area contributed by atoms with Crippen molar-refractivity contribution >= 4 is 23.4 Å². The molecule has 1 heterocycles. The number of hydrogen-bond acceptors (Lipinski definition) is 3. The zero-order valence-electron chi connectivity index (χ0n) is 15.7. The maximum absolute atomic E-state index is 13.5. The first kappa shape index (κ1) is 21.1. The van der Waals surface area contributed by atoms with Gasteiger partial charge >= 0.3 is 6.18 Å². The number of carbonyl (C=O) groups excluding carboxylic acids is 3. The fourth-order valence-corrected chi connectivity index (χ4v) is 3.28. The average Bonchev–Trinajstić information content (AvgIpc) is 2.72. The van der Waals surface area contributed by atoms with E-state index in [0.29, 0.717) is 5.69 Å². The highest BCUT2D eigenvalue weighted by Gasteiger charge is 2.41. The molecular formula is C21H18F3N3O3. The number of carbonyl (C=O) groups is 3. The van der Waals surface area contributed by atoms with Crippen LogP contribution in [0.4, 0.5) is 18.9 Å². The van der Waals surface area contributed by atoms with Crippen molar-refractivity contribution in [3.8, 4) is 0 Å². The summed E-state index contributed by atoms with van der Waals surface area (Å²) in [5.74, 6) is -1.79. The first-order valence-electron chi connectivity index (χ1n) is 9.00. The van der Waals surface area contributed by atoms with Gasteiger partial charge in [0.25, 0.3) is 5.91 Å². The van der Waals surface area contributed by atoms with Crippen LogP contribution in [-0.4, -0.2) is 35.7 Å². The van der Waals surface area contributed by atoms with Gasteiger partial charge in [0.15, 0.2) is 0 Å². The van der Waals surface area contributed by atoms with Gasteiger partial charge in [-0.25, -0.2) is 0 Å². The molecule has 2 N–H and O–H groups in total. The Kier molecular flexibility index (Phi) is 5.91. The monoisotopic (exact) mass is 417 g/mol. The summed E-state index contributed by atoms with van der Waals surface area (Å²) >= 11 is 0. The number of benzene rings is 2. The van der Waals surface area contributed by atoms with Crippen LogP contribution in [0.3, 0.4) is 0 Å². The molecule has 9 heteroatoms. The summed E-state index contributed by atoms with van der Waals surface area (Å²) in [7, 11) is 0. The maximum atomic E-state index is 13.5. The Balaban J connectivity index is 2.00. The molecule has 0 aliphatic carbocycles. The van der Waals surface area contributed by atoms with Crippen molar-refractivity contribution in [3.05, 3.63) is 77.9 Å². The van der Waals surface area contributed by atoms with Crippen LogP contribution in [-0.2, 0) is 15.8 Å². The Morgan fingerprint density at radius 3 is 2.60 bits per heavy atom. The molecule has 0 spiro atoms. The third-order valence-corrected chi connectivity index (χ3v) is 4.60. The molecule has 1 fully saturated rings. The molecule has 0 bridgehead atoms. The molecule has 1 saturated heterocycles. The number of nitrogens with zero attached hydrogens (tertiary/aromatic N) is 1. The van der Waals surface area contributed by atoms with Gasteiger partial charge in [0.1, 0.15) is 6.04 Å². The van der Waals surface area contributed by atoms with Crippen LogP contribution in [0, 0.1) is 0 Å². The standard InChI is InChI=1S/C21H18F3N3O3/c1-2-17(28)26-14-7-5-6-13(12-14)20(30)27-11-10-25-19(29)18(27)15-8-3-4-9-16(15)21(22,23)24/h2-9,12,18H,1,10-11H2,(H,25,29)(H,26,28). The largest absolute Gasteiger partial charge is 0.416 e. The van der Waals surface area contributed by atoms with E-state index in [1.807, 2.05) is 0 Å². The van der Waals surface area contributed by atoms with E-state index in [9.17, 15) is 27.6 Å². The van der Waals surface area contributed by atoms with Crippen LogP contribution < -0.4 is 10.6 Å². The van der Waals surface area contributed by atoms with Gasteiger partial charge in [-0.2, -0.15) is 13.2 Å². The van der Waals surface area contributed by atoms with Gasteiger partial charge in [-0.3, -0.25) is 14.4 Å². The molecule has 3 rings (SSSR count). The van der Waals surface area contributed by atoms with Crippen LogP contribution in [0.15, 0.2) is 61.2 Å². The molecule has 0 radical (unpaired) electrons. The number of amides is 3. The summed E-state index contributed by atoms with van der Waals surface area (Å²) in [5, 5.41) is 5.04. The summed E-state index contributed by atoms with van der Waals surface area (Å²) in [6.45, 7) is 3.49. The second-order valence-corrected chi connectivity index (χ2v) is 6.55. The van der Waals surface area contributed by atoms with Gasteiger partial charge in [-0.1, -0.05) is 30.8 Å². The van der Waals surface area contributed by atoms with Crippen molar-refractivity contribution in [2.45, 2.75) is 12.2 Å². The van der Waals surface area contributed by atoms with E-state index in [4.69, 9.17) is 0 Å². The van der Waals surface area contributed by atoms with Crippen LogP contribution in [0.5, 0.6) is 0 Å². The van der Waals surface area contributed by atoms with E-state index in [1.54, 1.807) is 6.07 Å². The number of halogens is 3. The lowest BCUT2D eigenvalue weighted by Gasteiger charge is -2.36. The zero-order valence-corrected chi connectivity index (χ0v) is 15.7. The second kappa shape index (κ2) is 8.40. The Morgan fingerprint density at radius 2 is 1.90 bits per heavy atom. The topological polar surface area (TPSA) is 78.5 Å². The Hall–Kier alpha value is -3.62.